The van der Waals surface area contributed by atoms with Gasteiger partial charge in [-0.1, -0.05) is 0 Å². The molecule has 0 radical (unpaired) electrons. The Hall–Kier alpha value is -1.13. The Morgan fingerprint density at radius 1 is 1.47 bits per heavy atom. The van der Waals surface area contributed by atoms with E-state index >= 15 is 0 Å². The molecule has 2 aromatic heterocycles. The highest BCUT2D eigenvalue weighted by Gasteiger charge is 2.24. The minimum Gasteiger partial charge on any atom is -0.374 e. The molecule has 0 fully saturated rings. The molecule has 1 unspecified atom stereocenters. The molecule has 0 aliphatic carbocycles. The number of hydrogen-bond acceptors (Lipinski definition) is 3. The topological polar surface area (TPSA) is 39.9 Å². The first-order valence-corrected chi connectivity index (χ1v) is 6.97. The van der Waals surface area contributed by atoms with Crippen molar-refractivity contribution in [2.24, 2.45) is 0 Å². The summed E-state index contributed by atoms with van der Waals surface area (Å²) in [5.41, 5.74) is 1.45. The maximum atomic E-state index is 6.23. The van der Waals surface area contributed by atoms with Gasteiger partial charge < -0.3 is 9.30 Å². The van der Waals surface area contributed by atoms with Crippen molar-refractivity contribution >= 4 is 22.8 Å². The van der Waals surface area contributed by atoms with Crippen LogP contribution in [-0.4, -0.2) is 26.7 Å². The van der Waals surface area contributed by atoms with Crippen molar-refractivity contribution in [3.63, 3.8) is 0 Å². The Balaban J connectivity index is 2.47. The second-order valence-corrected chi connectivity index (χ2v) is 5.87. The van der Waals surface area contributed by atoms with Crippen LogP contribution in [-0.2, 0) is 11.3 Å². The number of fused-ring (bicyclic) bond motifs is 1. The Labute approximate surface area is 118 Å². The number of hydrogen-bond donors (Lipinski definition) is 0. The number of rotatable bonds is 5. The summed E-state index contributed by atoms with van der Waals surface area (Å²) in [7, 11) is 0. The smallest absolute Gasteiger partial charge is 0.160 e. The maximum Gasteiger partial charge on any atom is 0.160 e. The third-order valence-electron chi connectivity index (χ3n) is 2.96. The normalized spacial score (nSPS) is 13.9. The second-order valence-electron chi connectivity index (χ2n) is 5.21. The second kappa shape index (κ2) is 5.47. The van der Waals surface area contributed by atoms with Crippen LogP contribution in [0, 0.1) is 0 Å². The summed E-state index contributed by atoms with van der Waals surface area (Å²) in [6.07, 6.45) is 1.77. The van der Waals surface area contributed by atoms with Crippen LogP contribution in [0.25, 0.3) is 11.2 Å². The molecule has 0 aliphatic heterocycles. The highest BCUT2D eigenvalue weighted by Crippen LogP contribution is 2.26. The lowest BCUT2D eigenvalue weighted by atomic mass is 10.1. The molecule has 19 heavy (non-hydrogen) atoms. The predicted molar refractivity (Wildman–Crippen MR) is 77.5 cm³/mol. The minimum absolute atomic E-state index is 0.161. The molecular weight excluding hydrogens is 262 g/mol. The van der Waals surface area contributed by atoms with Crippen LogP contribution in [0.15, 0.2) is 18.3 Å². The van der Waals surface area contributed by atoms with E-state index in [-0.39, 0.29) is 11.0 Å². The van der Waals surface area contributed by atoms with Crippen LogP contribution in [0.1, 0.15) is 38.9 Å². The molecule has 0 saturated heterocycles. The number of halogens is 1. The van der Waals surface area contributed by atoms with Gasteiger partial charge in [0, 0.05) is 12.8 Å². The van der Waals surface area contributed by atoms with Crippen LogP contribution < -0.4 is 0 Å². The molecule has 5 heteroatoms. The monoisotopic (exact) mass is 281 g/mol. The lowest BCUT2D eigenvalue weighted by Crippen LogP contribution is -2.31. The van der Waals surface area contributed by atoms with E-state index in [9.17, 15) is 0 Å². The predicted octanol–water partition coefficient (Wildman–Crippen LogP) is 3.55. The lowest BCUT2D eigenvalue weighted by molar-refractivity contribution is -0.0222. The molecule has 0 amide bonds. The van der Waals surface area contributed by atoms with Gasteiger partial charge in [-0.15, -0.1) is 11.6 Å². The summed E-state index contributed by atoms with van der Waals surface area (Å²) in [5.74, 6) is 0.836. The summed E-state index contributed by atoms with van der Waals surface area (Å²) in [6.45, 7) is 9.41. The fourth-order valence-electron chi connectivity index (χ4n) is 2.25. The van der Waals surface area contributed by atoms with Gasteiger partial charge in [0.2, 0.25) is 0 Å². The van der Waals surface area contributed by atoms with Crippen molar-refractivity contribution < 1.29 is 4.74 Å². The molecule has 0 spiro atoms. The van der Waals surface area contributed by atoms with Crippen molar-refractivity contribution in [1.29, 1.82) is 0 Å². The molecule has 0 N–H and O–H groups in total. The zero-order chi connectivity index (χ0) is 14.0. The highest BCUT2D eigenvalue weighted by atomic mass is 35.5. The van der Waals surface area contributed by atoms with E-state index in [1.807, 2.05) is 26.0 Å². The third-order valence-corrected chi connectivity index (χ3v) is 3.16. The number of ether oxygens (including phenoxy) is 1. The van der Waals surface area contributed by atoms with Gasteiger partial charge in [-0.3, -0.25) is 0 Å². The van der Waals surface area contributed by atoms with Crippen molar-refractivity contribution in [3.8, 4) is 0 Å². The summed E-state index contributed by atoms with van der Waals surface area (Å²) in [5, 5.41) is -0.161. The quantitative estimate of drug-likeness (QED) is 0.787. The van der Waals surface area contributed by atoms with Crippen LogP contribution in [0.4, 0.5) is 0 Å². The Bertz CT molecular complexity index is 563. The fourth-order valence-corrected chi connectivity index (χ4v) is 2.42. The standard InChI is InChI=1S/C14H20ClN3O/c1-5-19-14(3,4)9-18-12(10(2)15)17-11-7-6-8-16-13(11)18/h6-8,10H,5,9H2,1-4H3. The average Bonchev–Trinajstić information content (AvgIpc) is 2.68. The lowest BCUT2D eigenvalue weighted by Gasteiger charge is -2.26. The molecule has 0 aliphatic rings. The molecular formula is C14H20ClN3O. The van der Waals surface area contributed by atoms with E-state index < -0.39 is 0 Å². The largest absolute Gasteiger partial charge is 0.374 e. The van der Waals surface area contributed by atoms with Gasteiger partial charge in [0.05, 0.1) is 17.5 Å². The van der Waals surface area contributed by atoms with Crippen LogP contribution >= 0.6 is 11.6 Å². The highest BCUT2D eigenvalue weighted by molar-refractivity contribution is 6.20. The van der Waals surface area contributed by atoms with Gasteiger partial charge in [0.1, 0.15) is 11.3 Å². The van der Waals surface area contributed by atoms with E-state index in [1.54, 1.807) is 6.20 Å². The van der Waals surface area contributed by atoms with Crippen molar-refractivity contribution in [1.82, 2.24) is 14.5 Å². The number of nitrogens with zero attached hydrogens (tertiary/aromatic N) is 3. The van der Waals surface area contributed by atoms with E-state index in [4.69, 9.17) is 16.3 Å². The number of aromatic nitrogens is 3. The van der Waals surface area contributed by atoms with Crippen LogP contribution in [0.3, 0.4) is 0 Å². The Kier molecular flexibility index (Phi) is 4.11. The van der Waals surface area contributed by atoms with Crippen molar-refractivity contribution in [2.45, 2.75) is 45.2 Å². The first-order chi connectivity index (χ1) is 8.94. The zero-order valence-corrected chi connectivity index (χ0v) is 12.6. The first kappa shape index (κ1) is 14.3. The maximum absolute atomic E-state index is 6.23. The molecule has 4 nitrogen and oxygen atoms in total. The molecule has 0 aromatic carbocycles. The summed E-state index contributed by atoms with van der Waals surface area (Å²) in [6, 6.07) is 3.84. The van der Waals surface area contributed by atoms with Crippen LogP contribution in [0.2, 0.25) is 0 Å². The number of pyridine rings is 1. The fraction of sp³-hybridized carbons (Fsp3) is 0.571. The van der Waals surface area contributed by atoms with Gasteiger partial charge in [-0.2, -0.15) is 0 Å². The van der Waals surface area contributed by atoms with E-state index in [1.165, 1.54) is 0 Å². The van der Waals surface area contributed by atoms with Gasteiger partial charge in [0.25, 0.3) is 0 Å². The van der Waals surface area contributed by atoms with Gasteiger partial charge in [-0.05, 0) is 39.8 Å². The third kappa shape index (κ3) is 3.07. The molecule has 104 valence electrons. The Morgan fingerprint density at radius 3 is 2.84 bits per heavy atom. The molecule has 2 heterocycles. The molecule has 2 rings (SSSR count). The van der Waals surface area contributed by atoms with Gasteiger partial charge >= 0.3 is 0 Å². The van der Waals surface area contributed by atoms with E-state index in [0.29, 0.717) is 13.2 Å². The molecule has 0 bridgehead atoms. The van der Waals surface area contributed by atoms with Gasteiger partial charge in [-0.25, -0.2) is 9.97 Å². The van der Waals surface area contributed by atoms with E-state index in [2.05, 4.69) is 28.4 Å². The molecule has 1 atom stereocenters. The first-order valence-electron chi connectivity index (χ1n) is 6.54. The summed E-state index contributed by atoms with van der Waals surface area (Å²) in [4.78, 5) is 8.98. The Morgan fingerprint density at radius 2 is 2.21 bits per heavy atom. The summed E-state index contributed by atoms with van der Waals surface area (Å²) >= 11 is 6.23. The van der Waals surface area contributed by atoms with E-state index in [0.717, 1.165) is 17.0 Å². The number of alkyl halides is 1. The SMILES string of the molecule is CCOC(C)(C)Cn1c(C(C)Cl)nc2cccnc21. The van der Waals surface area contributed by atoms with Crippen molar-refractivity contribution in [2.75, 3.05) is 6.61 Å². The van der Waals surface area contributed by atoms with Gasteiger partial charge in [0.15, 0.2) is 5.65 Å². The molecule has 0 saturated carbocycles. The molecule has 2 aromatic rings. The number of imidazole rings is 1. The summed E-state index contributed by atoms with van der Waals surface area (Å²) < 4.78 is 7.83. The van der Waals surface area contributed by atoms with Crippen molar-refractivity contribution in [3.05, 3.63) is 24.2 Å². The van der Waals surface area contributed by atoms with Crippen LogP contribution in [0.5, 0.6) is 0 Å². The average molecular weight is 282 g/mol. The zero-order valence-electron chi connectivity index (χ0n) is 11.9. The minimum atomic E-state index is -0.277.